The van der Waals surface area contributed by atoms with E-state index in [1.807, 2.05) is 24.3 Å². The summed E-state index contributed by atoms with van der Waals surface area (Å²) >= 11 is 1.73. The van der Waals surface area contributed by atoms with E-state index in [9.17, 15) is 14.4 Å². The van der Waals surface area contributed by atoms with Crippen LogP contribution in [0.2, 0.25) is 0 Å². The van der Waals surface area contributed by atoms with Gasteiger partial charge in [-0.1, -0.05) is 31.2 Å². The summed E-state index contributed by atoms with van der Waals surface area (Å²) < 4.78 is 5.17. The highest BCUT2D eigenvalue weighted by atomic mass is 32.2. The van der Waals surface area contributed by atoms with Crippen LogP contribution in [0.5, 0.6) is 5.75 Å². The lowest BCUT2D eigenvalue weighted by Gasteiger charge is -2.25. The molecule has 1 saturated heterocycles. The maximum absolute atomic E-state index is 13.2. The first-order valence-electron chi connectivity index (χ1n) is 10.2. The Bertz CT molecular complexity index is 1030. The maximum Gasteiger partial charge on any atom is 0.325 e. The molecule has 2 aromatic carbocycles. The monoisotopic (exact) mass is 439 g/mol. The highest BCUT2D eigenvalue weighted by Gasteiger charge is 2.49. The summed E-state index contributed by atoms with van der Waals surface area (Å²) in [5.41, 5.74) is 0.226. The molecule has 4 rings (SSSR count). The Labute approximate surface area is 185 Å². The second kappa shape index (κ2) is 8.26. The number of para-hydroxylation sites is 1. The molecule has 0 radical (unpaired) electrons. The van der Waals surface area contributed by atoms with Crippen molar-refractivity contribution in [3.63, 3.8) is 0 Å². The van der Waals surface area contributed by atoms with E-state index in [0.29, 0.717) is 23.1 Å². The zero-order valence-electron chi connectivity index (χ0n) is 17.8. The van der Waals surface area contributed by atoms with Crippen LogP contribution in [-0.4, -0.2) is 48.2 Å². The summed E-state index contributed by atoms with van der Waals surface area (Å²) in [6.07, 6.45) is 0.828. The standard InChI is InChI=1S/C23H25N3O4S/c1-15-12-13-25(18-6-4-5-7-19(18)31-15)20(27)14-26-21(28)23(2,24-22(26)29)16-8-10-17(30-3)11-9-16/h4-11,15H,12-14H2,1-3H3,(H,24,29). The molecule has 4 amide bonds. The fourth-order valence-electron chi connectivity index (χ4n) is 3.93. The van der Waals surface area contributed by atoms with Crippen LogP contribution in [0.3, 0.4) is 0 Å². The van der Waals surface area contributed by atoms with E-state index in [1.54, 1.807) is 55.0 Å². The molecule has 2 heterocycles. The Morgan fingerprint density at radius 3 is 2.61 bits per heavy atom. The van der Waals surface area contributed by atoms with Crippen molar-refractivity contribution in [2.24, 2.45) is 0 Å². The zero-order valence-corrected chi connectivity index (χ0v) is 18.6. The van der Waals surface area contributed by atoms with E-state index >= 15 is 0 Å². The molecule has 0 saturated carbocycles. The zero-order chi connectivity index (χ0) is 22.2. The molecule has 0 bridgehead atoms. The van der Waals surface area contributed by atoms with Gasteiger partial charge >= 0.3 is 6.03 Å². The molecule has 1 fully saturated rings. The van der Waals surface area contributed by atoms with Crippen LogP contribution >= 0.6 is 11.8 Å². The van der Waals surface area contributed by atoms with E-state index in [-0.39, 0.29) is 12.5 Å². The molecule has 2 aliphatic heterocycles. The number of imide groups is 1. The third-order valence-corrected chi connectivity index (χ3v) is 7.02. The van der Waals surface area contributed by atoms with Gasteiger partial charge < -0.3 is 15.0 Å². The van der Waals surface area contributed by atoms with Crippen molar-refractivity contribution in [3.05, 3.63) is 54.1 Å². The van der Waals surface area contributed by atoms with Crippen molar-refractivity contribution in [1.29, 1.82) is 0 Å². The van der Waals surface area contributed by atoms with E-state index in [0.717, 1.165) is 21.9 Å². The van der Waals surface area contributed by atoms with Crippen molar-refractivity contribution in [2.45, 2.75) is 36.0 Å². The highest BCUT2D eigenvalue weighted by Crippen LogP contribution is 2.37. The molecule has 1 N–H and O–H groups in total. The third-order valence-electron chi connectivity index (χ3n) is 5.78. The molecule has 0 spiro atoms. The highest BCUT2D eigenvalue weighted by molar-refractivity contribution is 8.00. The number of anilines is 1. The Kier molecular flexibility index (Phi) is 5.66. The summed E-state index contributed by atoms with van der Waals surface area (Å²) in [6, 6.07) is 14.1. The average molecular weight is 440 g/mol. The fourth-order valence-corrected chi connectivity index (χ4v) is 5.04. The summed E-state index contributed by atoms with van der Waals surface area (Å²) in [5, 5.41) is 3.12. The number of urea groups is 1. The molecule has 2 aromatic rings. The first-order valence-corrected chi connectivity index (χ1v) is 11.1. The lowest BCUT2D eigenvalue weighted by atomic mass is 9.92. The second-order valence-corrected chi connectivity index (χ2v) is 9.39. The van der Waals surface area contributed by atoms with Crippen molar-refractivity contribution in [1.82, 2.24) is 10.2 Å². The summed E-state index contributed by atoms with van der Waals surface area (Å²) in [5.74, 6) is -0.0606. The number of nitrogens with one attached hydrogen (secondary N) is 1. The number of fused-ring (bicyclic) bond motifs is 1. The molecule has 7 nitrogen and oxygen atoms in total. The number of hydrogen-bond donors (Lipinski definition) is 1. The van der Waals surface area contributed by atoms with E-state index in [2.05, 4.69) is 12.2 Å². The lowest BCUT2D eigenvalue weighted by molar-refractivity contribution is -0.134. The van der Waals surface area contributed by atoms with Crippen LogP contribution in [0.25, 0.3) is 0 Å². The first-order chi connectivity index (χ1) is 14.8. The van der Waals surface area contributed by atoms with Crippen LogP contribution in [0.4, 0.5) is 10.5 Å². The molecule has 8 heteroatoms. The summed E-state index contributed by atoms with van der Waals surface area (Å²) in [7, 11) is 1.56. The van der Waals surface area contributed by atoms with Crippen LogP contribution in [0.15, 0.2) is 53.4 Å². The predicted octanol–water partition coefficient (Wildman–Crippen LogP) is 3.38. The molecule has 162 valence electrons. The topological polar surface area (TPSA) is 79.0 Å². The van der Waals surface area contributed by atoms with Gasteiger partial charge in [-0.05, 0) is 43.2 Å². The van der Waals surface area contributed by atoms with Gasteiger partial charge in [0.15, 0.2) is 0 Å². The van der Waals surface area contributed by atoms with Gasteiger partial charge in [0.05, 0.1) is 12.8 Å². The molecular formula is C23H25N3O4S. The van der Waals surface area contributed by atoms with Crippen molar-refractivity contribution >= 4 is 35.3 Å². The molecule has 2 unspecified atom stereocenters. The molecule has 0 aromatic heterocycles. The van der Waals surface area contributed by atoms with Crippen LogP contribution < -0.4 is 15.0 Å². The van der Waals surface area contributed by atoms with Gasteiger partial charge in [-0.25, -0.2) is 4.79 Å². The van der Waals surface area contributed by atoms with Gasteiger partial charge in [0.1, 0.15) is 17.8 Å². The molecule has 31 heavy (non-hydrogen) atoms. The van der Waals surface area contributed by atoms with Crippen molar-refractivity contribution in [3.8, 4) is 5.75 Å². The van der Waals surface area contributed by atoms with Gasteiger partial charge in [-0.15, -0.1) is 11.8 Å². The smallest absolute Gasteiger partial charge is 0.325 e. The van der Waals surface area contributed by atoms with E-state index in [4.69, 9.17) is 4.74 Å². The molecule has 0 aliphatic carbocycles. The fraction of sp³-hybridized carbons (Fsp3) is 0.348. The Balaban J connectivity index is 1.56. The summed E-state index contributed by atoms with van der Waals surface area (Å²) in [6.45, 7) is 4.03. The van der Waals surface area contributed by atoms with Gasteiger partial charge in [-0.3, -0.25) is 14.5 Å². The number of benzene rings is 2. The number of rotatable bonds is 4. The maximum atomic E-state index is 13.2. The number of carbonyl (C=O) groups excluding carboxylic acids is 3. The van der Waals surface area contributed by atoms with Gasteiger partial charge in [0, 0.05) is 16.7 Å². The van der Waals surface area contributed by atoms with E-state index < -0.39 is 17.5 Å². The minimum atomic E-state index is -1.23. The number of ether oxygens (including phenoxy) is 1. The predicted molar refractivity (Wildman–Crippen MR) is 119 cm³/mol. The molecule has 2 atom stereocenters. The van der Waals surface area contributed by atoms with Crippen LogP contribution in [0, 0.1) is 0 Å². The number of nitrogens with zero attached hydrogens (tertiary/aromatic N) is 2. The molecular weight excluding hydrogens is 414 g/mol. The number of carbonyl (C=O) groups is 3. The Morgan fingerprint density at radius 1 is 1.19 bits per heavy atom. The third kappa shape index (κ3) is 3.87. The van der Waals surface area contributed by atoms with Gasteiger partial charge in [0.2, 0.25) is 5.91 Å². The van der Waals surface area contributed by atoms with E-state index in [1.165, 1.54) is 0 Å². The minimum absolute atomic E-state index is 0.273. The van der Waals surface area contributed by atoms with Crippen molar-refractivity contribution in [2.75, 3.05) is 25.1 Å². The number of methoxy groups -OCH3 is 1. The SMILES string of the molecule is COc1ccc(C2(C)NC(=O)N(CC(=O)N3CCC(C)Sc4ccccc43)C2=O)cc1. The quantitative estimate of drug-likeness (QED) is 0.739. The Hall–Kier alpha value is -3.00. The largest absolute Gasteiger partial charge is 0.497 e. The molecule has 2 aliphatic rings. The number of amides is 4. The normalized spacial score (nSPS) is 23.3. The minimum Gasteiger partial charge on any atom is -0.497 e. The first kappa shape index (κ1) is 21.2. The van der Waals surface area contributed by atoms with Gasteiger partial charge in [0.25, 0.3) is 5.91 Å². The second-order valence-electron chi connectivity index (χ2n) is 7.91. The Morgan fingerprint density at radius 2 is 1.90 bits per heavy atom. The average Bonchev–Trinajstić information content (AvgIpc) is 2.90. The van der Waals surface area contributed by atoms with Crippen molar-refractivity contribution < 1.29 is 19.1 Å². The number of hydrogen-bond acceptors (Lipinski definition) is 5. The van der Waals surface area contributed by atoms with Crippen LogP contribution in [-0.2, 0) is 15.1 Å². The lowest BCUT2D eigenvalue weighted by Crippen LogP contribution is -2.45. The summed E-state index contributed by atoms with van der Waals surface area (Å²) in [4.78, 5) is 42.8. The number of thioether (sulfide) groups is 1. The van der Waals surface area contributed by atoms with Crippen LogP contribution in [0.1, 0.15) is 25.8 Å². The van der Waals surface area contributed by atoms with Gasteiger partial charge in [-0.2, -0.15) is 0 Å².